The molecule has 0 radical (unpaired) electrons. The summed E-state index contributed by atoms with van der Waals surface area (Å²) in [6.07, 6.45) is 7.52. The molecule has 8 heteroatoms. The maximum Gasteiger partial charge on any atom is 0.269 e. The lowest BCUT2D eigenvalue weighted by Gasteiger charge is -2.21. The summed E-state index contributed by atoms with van der Waals surface area (Å²) < 4.78 is 7.95. The van der Waals surface area contributed by atoms with Gasteiger partial charge in [-0.25, -0.2) is 0 Å². The highest BCUT2D eigenvalue weighted by Crippen LogP contribution is 2.35. The lowest BCUT2D eigenvalue weighted by atomic mass is 9.99. The van der Waals surface area contributed by atoms with Crippen LogP contribution in [0.25, 0.3) is 11.7 Å². The van der Waals surface area contributed by atoms with Gasteiger partial charge in [0.2, 0.25) is 5.88 Å². The Labute approximate surface area is 208 Å². The number of carbonyl (C=O) groups is 1. The number of thiocarbonyl (C=S) groups is 1. The van der Waals surface area contributed by atoms with E-state index in [1.54, 1.807) is 41.4 Å². The monoisotopic (exact) mass is 493 g/mol. The van der Waals surface area contributed by atoms with Crippen LogP contribution in [0.15, 0.2) is 64.4 Å². The molecule has 1 aromatic carbocycles. The first-order valence-electron chi connectivity index (χ1n) is 11.5. The third kappa shape index (κ3) is 5.23. The van der Waals surface area contributed by atoms with E-state index in [9.17, 15) is 9.59 Å². The molecule has 0 N–H and O–H groups in total. The summed E-state index contributed by atoms with van der Waals surface area (Å²) in [4.78, 5) is 33.3. The van der Waals surface area contributed by atoms with Crippen molar-refractivity contribution in [2.75, 3.05) is 6.54 Å². The quantitative estimate of drug-likeness (QED) is 0.273. The van der Waals surface area contributed by atoms with Crippen molar-refractivity contribution in [1.29, 1.82) is 0 Å². The SMILES string of the molecule is CCCCC(CC)CN1C(=O)/C(=C/c2c(Oc3ccccc3)nc3ccccn3c2=O)SC1=S. The molecule has 0 bridgehead atoms. The summed E-state index contributed by atoms with van der Waals surface area (Å²) in [5.41, 5.74) is 0.368. The molecule has 0 saturated carbocycles. The van der Waals surface area contributed by atoms with Gasteiger partial charge in [0.05, 0.1) is 4.91 Å². The minimum Gasteiger partial charge on any atom is -0.438 e. The molecular weight excluding hydrogens is 466 g/mol. The van der Waals surface area contributed by atoms with Crippen molar-refractivity contribution in [3.63, 3.8) is 0 Å². The second-order valence-electron chi connectivity index (χ2n) is 8.19. The van der Waals surface area contributed by atoms with Crippen LogP contribution in [0.1, 0.15) is 45.1 Å². The number of para-hydroxylation sites is 1. The molecule has 1 unspecified atom stereocenters. The molecular formula is C26H27N3O3S2. The van der Waals surface area contributed by atoms with Crippen molar-refractivity contribution in [2.24, 2.45) is 5.92 Å². The van der Waals surface area contributed by atoms with Gasteiger partial charge in [0, 0.05) is 12.7 Å². The Bertz CT molecular complexity index is 1290. The third-order valence-electron chi connectivity index (χ3n) is 5.82. The molecule has 1 aliphatic heterocycles. The fraction of sp³-hybridized carbons (Fsp3) is 0.308. The van der Waals surface area contributed by atoms with Crippen LogP contribution in [0.4, 0.5) is 0 Å². The maximum atomic E-state index is 13.4. The second-order valence-corrected chi connectivity index (χ2v) is 9.86. The number of aromatic nitrogens is 2. The van der Waals surface area contributed by atoms with E-state index < -0.39 is 0 Å². The van der Waals surface area contributed by atoms with Gasteiger partial charge in [-0.3, -0.25) is 18.9 Å². The van der Waals surface area contributed by atoms with Gasteiger partial charge in [-0.15, -0.1) is 0 Å². The van der Waals surface area contributed by atoms with Crippen LogP contribution in [0, 0.1) is 5.92 Å². The Balaban J connectivity index is 1.71. The van der Waals surface area contributed by atoms with Crippen LogP contribution in [0.3, 0.4) is 0 Å². The zero-order valence-electron chi connectivity index (χ0n) is 19.3. The number of ether oxygens (including phenoxy) is 1. The summed E-state index contributed by atoms with van der Waals surface area (Å²) in [6.45, 7) is 4.91. The zero-order valence-corrected chi connectivity index (χ0v) is 20.9. The molecule has 0 spiro atoms. The number of nitrogens with zero attached hydrogens (tertiary/aromatic N) is 3. The predicted octanol–water partition coefficient (Wildman–Crippen LogP) is 5.90. The van der Waals surface area contributed by atoms with E-state index in [0.29, 0.717) is 33.1 Å². The molecule has 176 valence electrons. The zero-order chi connectivity index (χ0) is 24.1. The van der Waals surface area contributed by atoms with Crippen LogP contribution in [0.2, 0.25) is 0 Å². The fourth-order valence-electron chi connectivity index (χ4n) is 3.85. The molecule has 1 aliphatic rings. The molecule has 1 saturated heterocycles. The third-order valence-corrected chi connectivity index (χ3v) is 7.20. The number of carbonyl (C=O) groups excluding carboxylic acids is 1. The van der Waals surface area contributed by atoms with E-state index >= 15 is 0 Å². The lowest BCUT2D eigenvalue weighted by Crippen LogP contribution is -2.33. The molecule has 3 heterocycles. The smallest absolute Gasteiger partial charge is 0.269 e. The van der Waals surface area contributed by atoms with Gasteiger partial charge in [-0.1, -0.05) is 81.4 Å². The van der Waals surface area contributed by atoms with Gasteiger partial charge in [-0.05, 0) is 42.7 Å². The molecule has 1 atom stereocenters. The maximum absolute atomic E-state index is 13.4. The fourth-order valence-corrected chi connectivity index (χ4v) is 5.10. The van der Waals surface area contributed by atoms with E-state index in [0.717, 1.165) is 25.7 Å². The summed E-state index contributed by atoms with van der Waals surface area (Å²) >= 11 is 6.75. The van der Waals surface area contributed by atoms with E-state index in [-0.39, 0.29) is 22.9 Å². The topological polar surface area (TPSA) is 63.9 Å². The van der Waals surface area contributed by atoms with Crippen LogP contribution in [0.5, 0.6) is 11.6 Å². The van der Waals surface area contributed by atoms with E-state index in [1.165, 1.54) is 16.2 Å². The number of pyridine rings is 1. The summed E-state index contributed by atoms with van der Waals surface area (Å²) in [5, 5.41) is 0. The van der Waals surface area contributed by atoms with Crippen molar-refractivity contribution in [1.82, 2.24) is 14.3 Å². The highest BCUT2D eigenvalue weighted by atomic mass is 32.2. The normalized spacial score (nSPS) is 15.9. The van der Waals surface area contributed by atoms with Gasteiger partial charge in [0.1, 0.15) is 21.3 Å². The summed E-state index contributed by atoms with van der Waals surface area (Å²) in [5.74, 6) is 0.931. The first kappa shape index (κ1) is 24.2. The van der Waals surface area contributed by atoms with Crippen LogP contribution >= 0.6 is 24.0 Å². The summed E-state index contributed by atoms with van der Waals surface area (Å²) in [6, 6.07) is 14.5. The average Bonchev–Trinajstić information content (AvgIpc) is 3.11. The molecule has 6 nitrogen and oxygen atoms in total. The Morgan fingerprint density at radius 1 is 1.12 bits per heavy atom. The van der Waals surface area contributed by atoms with Gasteiger partial charge in [0.25, 0.3) is 11.5 Å². The minimum absolute atomic E-state index is 0.155. The van der Waals surface area contributed by atoms with Crippen LogP contribution in [-0.2, 0) is 4.79 Å². The number of hydrogen-bond acceptors (Lipinski definition) is 6. The van der Waals surface area contributed by atoms with E-state index in [1.807, 2.05) is 24.3 Å². The number of thioether (sulfide) groups is 1. The Kier molecular flexibility index (Phi) is 7.80. The number of unbranched alkanes of at least 4 members (excludes halogenated alkanes) is 1. The second kappa shape index (κ2) is 11.0. The molecule has 1 amide bonds. The Morgan fingerprint density at radius 3 is 2.62 bits per heavy atom. The van der Waals surface area contributed by atoms with Gasteiger partial charge in [0.15, 0.2) is 0 Å². The number of amides is 1. The predicted molar refractivity (Wildman–Crippen MR) is 141 cm³/mol. The van der Waals surface area contributed by atoms with Gasteiger partial charge < -0.3 is 4.74 Å². The number of rotatable bonds is 9. The van der Waals surface area contributed by atoms with Crippen molar-refractivity contribution in [3.05, 3.63) is 75.6 Å². The van der Waals surface area contributed by atoms with Crippen LogP contribution < -0.4 is 10.3 Å². The highest BCUT2D eigenvalue weighted by Gasteiger charge is 2.34. The van der Waals surface area contributed by atoms with E-state index in [4.69, 9.17) is 17.0 Å². The number of fused-ring (bicyclic) bond motifs is 1. The Morgan fingerprint density at radius 2 is 1.88 bits per heavy atom. The van der Waals surface area contributed by atoms with Crippen LogP contribution in [-0.4, -0.2) is 31.1 Å². The number of benzene rings is 1. The first-order valence-corrected chi connectivity index (χ1v) is 12.7. The molecule has 3 aromatic rings. The van der Waals surface area contributed by atoms with Gasteiger partial charge in [-0.2, -0.15) is 4.98 Å². The largest absolute Gasteiger partial charge is 0.438 e. The van der Waals surface area contributed by atoms with Crippen molar-refractivity contribution in [2.45, 2.75) is 39.5 Å². The molecule has 0 aliphatic carbocycles. The highest BCUT2D eigenvalue weighted by molar-refractivity contribution is 8.26. The lowest BCUT2D eigenvalue weighted by molar-refractivity contribution is -0.122. The Hall–Kier alpha value is -2.97. The van der Waals surface area contributed by atoms with Crippen molar-refractivity contribution in [3.8, 4) is 11.6 Å². The van der Waals surface area contributed by atoms with Gasteiger partial charge >= 0.3 is 0 Å². The first-order chi connectivity index (χ1) is 16.5. The van der Waals surface area contributed by atoms with Crippen molar-refractivity contribution >= 4 is 45.9 Å². The average molecular weight is 494 g/mol. The molecule has 1 fully saturated rings. The van der Waals surface area contributed by atoms with E-state index in [2.05, 4.69) is 18.8 Å². The summed E-state index contributed by atoms with van der Waals surface area (Å²) in [7, 11) is 0. The number of hydrogen-bond donors (Lipinski definition) is 0. The minimum atomic E-state index is -0.309. The molecule has 2 aromatic heterocycles. The molecule has 34 heavy (non-hydrogen) atoms. The standard InChI is InChI=1S/C26H27N3O3S2/c1-3-5-11-18(4-2)17-29-25(31)21(34-26(29)33)16-20-23(32-19-12-7-6-8-13-19)27-22-14-9-10-15-28(22)24(20)30/h6-10,12-16,18H,3-5,11,17H2,1-2H3/b21-16-. The van der Waals surface area contributed by atoms with Crippen molar-refractivity contribution < 1.29 is 9.53 Å². The molecule has 4 rings (SSSR count).